The van der Waals surface area contributed by atoms with Gasteiger partial charge in [-0.05, 0) is 50.4 Å². The van der Waals surface area contributed by atoms with Crippen molar-refractivity contribution >= 4 is 0 Å². The number of hydrogen-bond donors (Lipinski definition) is 2. The molecule has 1 aliphatic carbocycles. The molecule has 0 radical (unpaired) electrons. The van der Waals surface area contributed by atoms with Gasteiger partial charge >= 0.3 is 0 Å². The molecule has 4 heteroatoms. The van der Waals surface area contributed by atoms with Crippen molar-refractivity contribution in [2.45, 2.75) is 44.7 Å². The van der Waals surface area contributed by atoms with Gasteiger partial charge in [0.25, 0.3) is 0 Å². The summed E-state index contributed by atoms with van der Waals surface area (Å²) in [6, 6.07) is 5.88. The Kier molecular flexibility index (Phi) is 5.16. The van der Waals surface area contributed by atoms with E-state index < -0.39 is 0 Å². The van der Waals surface area contributed by atoms with Gasteiger partial charge in [0.1, 0.15) is 0 Å². The number of nitrogens with one attached hydrogen (secondary N) is 1. The van der Waals surface area contributed by atoms with E-state index in [1.807, 2.05) is 13.0 Å². The summed E-state index contributed by atoms with van der Waals surface area (Å²) in [5.74, 6) is 0.0499. The molecular weight excluding hydrogens is 243 g/mol. The maximum absolute atomic E-state index is 13.7. The molecular formula is C15H23FN2O. The van der Waals surface area contributed by atoms with E-state index >= 15 is 0 Å². The Morgan fingerprint density at radius 3 is 2.89 bits per heavy atom. The topological polar surface area (TPSA) is 47.3 Å². The minimum Gasteiger partial charge on any atom is -0.491 e. The van der Waals surface area contributed by atoms with Crippen LogP contribution in [-0.4, -0.2) is 25.2 Å². The highest BCUT2D eigenvalue weighted by molar-refractivity contribution is 5.29. The lowest BCUT2D eigenvalue weighted by molar-refractivity contribution is 0.321. The zero-order valence-electron chi connectivity index (χ0n) is 11.5. The molecule has 2 unspecified atom stereocenters. The number of ether oxygens (including phenoxy) is 1. The first-order valence-corrected chi connectivity index (χ1v) is 7.11. The molecule has 1 aromatic rings. The van der Waals surface area contributed by atoms with Gasteiger partial charge in [0.05, 0.1) is 6.61 Å². The van der Waals surface area contributed by atoms with E-state index in [1.165, 1.54) is 6.42 Å². The average Bonchev–Trinajstić information content (AvgIpc) is 2.79. The van der Waals surface area contributed by atoms with Crippen LogP contribution < -0.4 is 15.8 Å². The molecule has 0 bridgehead atoms. The van der Waals surface area contributed by atoms with Crippen molar-refractivity contribution in [3.8, 4) is 5.75 Å². The summed E-state index contributed by atoms with van der Waals surface area (Å²) in [5.41, 5.74) is 6.98. The number of hydrogen-bond acceptors (Lipinski definition) is 3. The van der Waals surface area contributed by atoms with Gasteiger partial charge in [-0.15, -0.1) is 0 Å². The summed E-state index contributed by atoms with van der Waals surface area (Å²) in [6.45, 7) is 3.17. The number of rotatable bonds is 6. The van der Waals surface area contributed by atoms with Gasteiger partial charge in [0, 0.05) is 12.1 Å². The van der Waals surface area contributed by atoms with E-state index in [-0.39, 0.29) is 11.9 Å². The first kappa shape index (κ1) is 14.3. The van der Waals surface area contributed by atoms with Crippen LogP contribution in [0, 0.1) is 5.82 Å². The molecule has 3 nitrogen and oxygen atoms in total. The van der Waals surface area contributed by atoms with E-state index in [2.05, 4.69) is 5.32 Å². The van der Waals surface area contributed by atoms with Crippen LogP contribution in [0.4, 0.5) is 4.39 Å². The maximum atomic E-state index is 13.7. The van der Waals surface area contributed by atoms with Gasteiger partial charge in [0.2, 0.25) is 0 Å². The van der Waals surface area contributed by atoms with Crippen LogP contribution in [-0.2, 0) is 6.42 Å². The molecule has 1 fully saturated rings. The first-order chi connectivity index (χ1) is 9.20. The molecule has 0 heterocycles. The van der Waals surface area contributed by atoms with E-state index in [1.54, 1.807) is 12.1 Å². The van der Waals surface area contributed by atoms with Crippen molar-refractivity contribution in [2.75, 3.05) is 13.2 Å². The molecule has 0 spiro atoms. The van der Waals surface area contributed by atoms with Crippen molar-refractivity contribution in [3.63, 3.8) is 0 Å². The van der Waals surface area contributed by atoms with Gasteiger partial charge in [-0.2, -0.15) is 0 Å². The molecule has 106 valence electrons. The Morgan fingerprint density at radius 1 is 1.42 bits per heavy atom. The highest BCUT2D eigenvalue weighted by atomic mass is 19.1. The third-order valence-corrected chi connectivity index (χ3v) is 3.69. The molecule has 19 heavy (non-hydrogen) atoms. The fraction of sp³-hybridized carbons (Fsp3) is 0.600. The van der Waals surface area contributed by atoms with E-state index in [9.17, 15) is 4.39 Å². The first-order valence-electron chi connectivity index (χ1n) is 7.11. The highest BCUT2D eigenvalue weighted by Gasteiger charge is 2.22. The summed E-state index contributed by atoms with van der Waals surface area (Å²) in [5, 5.41) is 3.46. The molecule has 1 saturated carbocycles. The summed E-state index contributed by atoms with van der Waals surface area (Å²) in [4.78, 5) is 0. The fourth-order valence-electron chi connectivity index (χ4n) is 2.62. The fourth-order valence-corrected chi connectivity index (χ4v) is 2.62. The maximum Gasteiger partial charge on any atom is 0.165 e. The molecule has 2 atom stereocenters. The Balaban J connectivity index is 1.81. The van der Waals surface area contributed by atoms with Crippen molar-refractivity contribution in [1.82, 2.24) is 5.32 Å². The van der Waals surface area contributed by atoms with Crippen LogP contribution >= 0.6 is 0 Å². The summed E-state index contributed by atoms with van der Waals surface area (Å²) >= 11 is 0. The van der Waals surface area contributed by atoms with Gasteiger partial charge in [-0.25, -0.2) is 4.39 Å². The predicted molar refractivity (Wildman–Crippen MR) is 74.9 cm³/mol. The Morgan fingerprint density at radius 2 is 2.26 bits per heavy atom. The lowest BCUT2D eigenvalue weighted by atomic mass is 10.1. The quantitative estimate of drug-likeness (QED) is 0.830. The number of nitrogens with two attached hydrogens (primary N) is 1. The second-order valence-electron chi connectivity index (χ2n) is 5.10. The standard InChI is InChI=1S/C15H23FN2O/c1-2-19-15-7-6-11(10-12(15)16)8-9-18-14-5-3-4-13(14)17/h6-7,10,13-14,18H,2-5,8-9,17H2,1H3. The van der Waals surface area contributed by atoms with Crippen molar-refractivity contribution < 1.29 is 9.13 Å². The molecule has 1 aromatic carbocycles. The monoisotopic (exact) mass is 266 g/mol. The zero-order chi connectivity index (χ0) is 13.7. The van der Waals surface area contributed by atoms with E-state index in [0.29, 0.717) is 18.4 Å². The van der Waals surface area contributed by atoms with Crippen molar-refractivity contribution in [2.24, 2.45) is 5.73 Å². The third kappa shape index (κ3) is 3.91. The summed E-state index contributed by atoms with van der Waals surface area (Å²) in [7, 11) is 0. The molecule has 1 aliphatic rings. The minimum atomic E-state index is -0.281. The molecule has 0 amide bonds. The molecule has 3 N–H and O–H groups in total. The van der Waals surface area contributed by atoms with Gasteiger partial charge in [-0.1, -0.05) is 12.5 Å². The van der Waals surface area contributed by atoms with Crippen LogP contribution in [0.2, 0.25) is 0 Å². The van der Waals surface area contributed by atoms with Crippen molar-refractivity contribution in [1.29, 1.82) is 0 Å². The van der Waals surface area contributed by atoms with E-state index in [0.717, 1.165) is 31.4 Å². The van der Waals surface area contributed by atoms with Gasteiger partial charge in [0.15, 0.2) is 11.6 Å². The highest BCUT2D eigenvalue weighted by Crippen LogP contribution is 2.19. The van der Waals surface area contributed by atoms with Crippen molar-refractivity contribution in [3.05, 3.63) is 29.6 Å². The summed E-state index contributed by atoms with van der Waals surface area (Å²) < 4.78 is 18.8. The lowest BCUT2D eigenvalue weighted by Crippen LogP contribution is -2.41. The van der Waals surface area contributed by atoms with Crippen LogP contribution in [0.25, 0.3) is 0 Å². The largest absolute Gasteiger partial charge is 0.491 e. The van der Waals surface area contributed by atoms with Gasteiger partial charge in [-0.3, -0.25) is 0 Å². The average molecular weight is 266 g/mol. The Hall–Kier alpha value is -1.13. The van der Waals surface area contributed by atoms with Crippen LogP contribution in [0.1, 0.15) is 31.7 Å². The second kappa shape index (κ2) is 6.87. The van der Waals surface area contributed by atoms with Crippen LogP contribution in [0.15, 0.2) is 18.2 Å². The minimum absolute atomic E-state index is 0.275. The molecule has 0 saturated heterocycles. The second-order valence-corrected chi connectivity index (χ2v) is 5.10. The lowest BCUT2D eigenvalue weighted by Gasteiger charge is -2.17. The van der Waals surface area contributed by atoms with E-state index in [4.69, 9.17) is 10.5 Å². The molecule has 0 aliphatic heterocycles. The SMILES string of the molecule is CCOc1ccc(CCNC2CCCC2N)cc1F. The smallest absolute Gasteiger partial charge is 0.165 e. The molecule has 2 rings (SSSR count). The number of halogens is 1. The number of benzene rings is 1. The normalized spacial score (nSPS) is 22.7. The van der Waals surface area contributed by atoms with Gasteiger partial charge < -0.3 is 15.8 Å². The Labute approximate surface area is 114 Å². The van der Waals surface area contributed by atoms with Crippen LogP contribution in [0.5, 0.6) is 5.75 Å². The third-order valence-electron chi connectivity index (χ3n) is 3.69. The Bertz CT molecular complexity index is 411. The zero-order valence-corrected chi connectivity index (χ0v) is 11.5. The van der Waals surface area contributed by atoms with Crippen LogP contribution in [0.3, 0.4) is 0 Å². The molecule has 0 aromatic heterocycles. The summed E-state index contributed by atoms with van der Waals surface area (Å²) in [6.07, 6.45) is 4.28. The predicted octanol–water partition coefficient (Wildman–Crippen LogP) is 2.24.